The highest BCUT2D eigenvalue weighted by Crippen LogP contribution is 2.29. The van der Waals surface area contributed by atoms with Crippen molar-refractivity contribution in [3.63, 3.8) is 0 Å². The predicted octanol–water partition coefficient (Wildman–Crippen LogP) is 3.61. The number of ether oxygens (including phenoxy) is 1. The molecular formula is C18H23F2N3O. The van der Waals surface area contributed by atoms with Crippen LogP contribution in [0.25, 0.3) is 0 Å². The van der Waals surface area contributed by atoms with Crippen LogP contribution in [0.2, 0.25) is 0 Å². The zero-order valence-corrected chi connectivity index (χ0v) is 13.9. The second kappa shape index (κ2) is 7.75. The summed E-state index contributed by atoms with van der Waals surface area (Å²) in [5.74, 6) is -1.21. The zero-order chi connectivity index (χ0) is 16.9. The Labute approximate surface area is 141 Å². The van der Waals surface area contributed by atoms with Crippen molar-refractivity contribution in [2.45, 2.75) is 44.8 Å². The van der Waals surface area contributed by atoms with Crippen LogP contribution in [0.3, 0.4) is 0 Å². The summed E-state index contributed by atoms with van der Waals surface area (Å²) in [5.41, 5.74) is 0.312. The minimum absolute atomic E-state index is 0.312. The molecule has 3 rings (SSSR count). The summed E-state index contributed by atoms with van der Waals surface area (Å²) in [5, 5.41) is 0. The first-order valence-corrected chi connectivity index (χ1v) is 8.39. The lowest BCUT2D eigenvalue weighted by molar-refractivity contribution is 0.125. The molecule has 1 atom stereocenters. The molecule has 0 radical (unpaired) electrons. The lowest BCUT2D eigenvalue weighted by Crippen LogP contribution is -2.39. The highest BCUT2D eigenvalue weighted by Gasteiger charge is 2.25. The number of aromatic nitrogens is 2. The summed E-state index contributed by atoms with van der Waals surface area (Å²) in [6, 6.07) is 2.97. The van der Waals surface area contributed by atoms with Crippen LogP contribution in [0.5, 0.6) is 5.75 Å². The lowest BCUT2D eigenvalue weighted by atomic mass is 9.98. The van der Waals surface area contributed by atoms with Gasteiger partial charge in [0.15, 0.2) is 11.6 Å². The van der Waals surface area contributed by atoms with Gasteiger partial charge < -0.3 is 9.30 Å². The molecule has 0 spiro atoms. The minimum Gasteiger partial charge on any atom is -0.496 e. The monoisotopic (exact) mass is 335 g/mol. The molecule has 0 amide bonds. The number of methoxy groups -OCH3 is 1. The fourth-order valence-corrected chi connectivity index (χ4v) is 3.43. The fourth-order valence-electron chi connectivity index (χ4n) is 3.43. The number of aryl methyl sites for hydroxylation is 1. The van der Waals surface area contributed by atoms with Gasteiger partial charge in [-0.2, -0.15) is 0 Å². The molecule has 2 heterocycles. The Kier molecular flexibility index (Phi) is 5.45. The Bertz CT molecular complexity index is 661. The Hall–Kier alpha value is -1.95. The van der Waals surface area contributed by atoms with Crippen molar-refractivity contribution in [2.24, 2.45) is 0 Å². The molecule has 1 aromatic heterocycles. The maximum Gasteiger partial charge on any atom is 0.167 e. The van der Waals surface area contributed by atoms with Gasteiger partial charge in [-0.05, 0) is 37.9 Å². The summed E-state index contributed by atoms with van der Waals surface area (Å²) in [6.45, 7) is 2.15. The van der Waals surface area contributed by atoms with Crippen LogP contribution in [0.1, 0.15) is 31.2 Å². The first-order valence-electron chi connectivity index (χ1n) is 8.39. The van der Waals surface area contributed by atoms with Gasteiger partial charge in [0, 0.05) is 37.1 Å². The molecule has 1 fully saturated rings. The largest absolute Gasteiger partial charge is 0.496 e. The van der Waals surface area contributed by atoms with Crippen molar-refractivity contribution in [3.05, 3.63) is 48.1 Å². The number of piperidine rings is 1. The van der Waals surface area contributed by atoms with E-state index in [0.717, 1.165) is 38.4 Å². The van der Waals surface area contributed by atoms with E-state index in [-0.39, 0.29) is 0 Å². The highest BCUT2D eigenvalue weighted by molar-refractivity contribution is 5.35. The number of imidazole rings is 1. The van der Waals surface area contributed by atoms with E-state index in [1.165, 1.54) is 19.6 Å². The van der Waals surface area contributed by atoms with Crippen LogP contribution in [0.4, 0.5) is 8.78 Å². The van der Waals surface area contributed by atoms with E-state index in [4.69, 9.17) is 4.74 Å². The van der Waals surface area contributed by atoms with Gasteiger partial charge in [-0.3, -0.25) is 4.90 Å². The normalized spacial score (nSPS) is 18.7. The van der Waals surface area contributed by atoms with E-state index < -0.39 is 11.6 Å². The van der Waals surface area contributed by atoms with Gasteiger partial charge in [0.25, 0.3) is 0 Å². The maximum atomic E-state index is 14.2. The molecular weight excluding hydrogens is 312 g/mol. The molecule has 2 aromatic rings. The number of hydrogen-bond acceptors (Lipinski definition) is 3. The molecule has 0 N–H and O–H groups in total. The molecule has 6 heteroatoms. The van der Waals surface area contributed by atoms with Crippen LogP contribution in [-0.4, -0.2) is 34.1 Å². The summed E-state index contributed by atoms with van der Waals surface area (Å²) in [6.07, 6.45) is 9.83. The third-order valence-electron chi connectivity index (χ3n) is 4.76. The second-order valence-electron chi connectivity index (χ2n) is 6.25. The first-order chi connectivity index (χ1) is 11.7. The number of rotatable bonds is 6. The van der Waals surface area contributed by atoms with E-state index in [9.17, 15) is 8.78 Å². The molecule has 4 nitrogen and oxygen atoms in total. The Morgan fingerprint density at radius 2 is 2.17 bits per heavy atom. The second-order valence-corrected chi connectivity index (χ2v) is 6.25. The van der Waals surface area contributed by atoms with E-state index in [1.807, 2.05) is 12.5 Å². The molecule has 1 aliphatic heterocycles. The van der Waals surface area contributed by atoms with Crippen molar-refractivity contribution < 1.29 is 13.5 Å². The third-order valence-corrected chi connectivity index (χ3v) is 4.76. The summed E-state index contributed by atoms with van der Waals surface area (Å²) < 4.78 is 35.2. The van der Waals surface area contributed by atoms with Crippen LogP contribution in [0, 0.1) is 11.6 Å². The van der Waals surface area contributed by atoms with Gasteiger partial charge >= 0.3 is 0 Å². The molecule has 1 unspecified atom stereocenters. The number of hydrogen-bond donors (Lipinski definition) is 0. The number of likely N-dealkylation sites (tertiary alicyclic amines) is 1. The highest BCUT2D eigenvalue weighted by atomic mass is 19.2. The Balaban J connectivity index is 1.73. The smallest absolute Gasteiger partial charge is 0.167 e. The van der Waals surface area contributed by atoms with Gasteiger partial charge in [-0.25, -0.2) is 13.8 Å². The van der Waals surface area contributed by atoms with Gasteiger partial charge in [-0.1, -0.05) is 6.42 Å². The quantitative estimate of drug-likeness (QED) is 0.808. The van der Waals surface area contributed by atoms with Crippen molar-refractivity contribution in [1.82, 2.24) is 14.5 Å². The van der Waals surface area contributed by atoms with Crippen LogP contribution in [0.15, 0.2) is 30.9 Å². The lowest BCUT2D eigenvalue weighted by Gasteiger charge is -2.36. The molecule has 0 aliphatic carbocycles. The first kappa shape index (κ1) is 16.9. The van der Waals surface area contributed by atoms with Gasteiger partial charge in [-0.15, -0.1) is 0 Å². The van der Waals surface area contributed by atoms with Crippen LogP contribution in [-0.2, 0) is 13.1 Å². The van der Waals surface area contributed by atoms with Crippen LogP contribution >= 0.6 is 0 Å². The van der Waals surface area contributed by atoms with Gasteiger partial charge in [0.2, 0.25) is 0 Å². The number of benzene rings is 1. The van der Waals surface area contributed by atoms with Gasteiger partial charge in [0.05, 0.1) is 13.4 Å². The molecule has 1 saturated heterocycles. The maximum absolute atomic E-state index is 14.2. The Morgan fingerprint density at radius 3 is 2.92 bits per heavy atom. The molecule has 0 bridgehead atoms. The number of halogens is 2. The van der Waals surface area contributed by atoms with E-state index in [0.29, 0.717) is 23.9 Å². The van der Waals surface area contributed by atoms with E-state index >= 15 is 0 Å². The summed E-state index contributed by atoms with van der Waals surface area (Å²) in [7, 11) is 1.49. The van der Waals surface area contributed by atoms with Gasteiger partial charge in [0.1, 0.15) is 5.75 Å². The predicted molar refractivity (Wildman–Crippen MR) is 87.8 cm³/mol. The topological polar surface area (TPSA) is 30.3 Å². The number of nitrogens with zero attached hydrogens (tertiary/aromatic N) is 3. The summed E-state index contributed by atoms with van der Waals surface area (Å²) >= 11 is 0. The molecule has 1 aromatic carbocycles. The fraction of sp³-hybridized carbons (Fsp3) is 0.500. The van der Waals surface area contributed by atoms with Crippen LogP contribution < -0.4 is 4.74 Å². The molecule has 24 heavy (non-hydrogen) atoms. The van der Waals surface area contributed by atoms with Crippen molar-refractivity contribution >= 4 is 0 Å². The molecule has 0 saturated carbocycles. The molecule has 130 valence electrons. The average molecular weight is 335 g/mol. The minimum atomic E-state index is -0.822. The third kappa shape index (κ3) is 3.75. The molecule has 1 aliphatic rings. The van der Waals surface area contributed by atoms with E-state index in [1.54, 1.807) is 6.20 Å². The van der Waals surface area contributed by atoms with Crippen molar-refractivity contribution in [3.8, 4) is 5.75 Å². The summed E-state index contributed by atoms with van der Waals surface area (Å²) in [4.78, 5) is 6.31. The Morgan fingerprint density at radius 1 is 1.29 bits per heavy atom. The standard InChI is InChI=1S/C18H23F2N3O/c1-24-17-6-5-16(19)18(20)15(17)12-23-9-3-2-4-14(23)7-10-22-11-8-21-13-22/h5-6,8,11,13-14H,2-4,7,9-10,12H2,1H3. The van der Waals surface area contributed by atoms with E-state index in [2.05, 4.69) is 14.5 Å². The zero-order valence-electron chi connectivity index (χ0n) is 13.9. The van der Waals surface area contributed by atoms with Crippen molar-refractivity contribution in [1.29, 1.82) is 0 Å². The SMILES string of the molecule is COc1ccc(F)c(F)c1CN1CCCCC1CCn1ccnc1. The van der Waals surface area contributed by atoms with Crippen molar-refractivity contribution in [2.75, 3.05) is 13.7 Å². The average Bonchev–Trinajstić information content (AvgIpc) is 3.12.